The van der Waals surface area contributed by atoms with Gasteiger partial charge in [-0.15, -0.1) is 0 Å². The van der Waals surface area contributed by atoms with E-state index in [0.29, 0.717) is 4.75 Å². The molecule has 20 heavy (non-hydrogen) atoms. The fraction of sp³-hybridized carbons (Fsp3) is 0.562. The van der Waals surface area contributed by atoms with Gasteiger partial charge in [0.2, 0.25) is 0 Å². The highest BCUT2D eigenvalue weighted by molar-refractivity contribution is 8.00. The van der Waals surface area contributed by atoms with Gasteiger partial charge >= 0.3 is 0 Å². The van der Waals surface area contributed by atoms with E-state index in [1.54, 1.807) is 0 Å². The van der Waals surface area contributed by atoms with Crippen molar-refractivity contribution in [3.05, 3.63) is 24.3 Å². The van der Waals surface area contributed by atoms with Crippen molar-refractivity contribution >= 4 is 34.6 Å². The minimum Gasteiger partial charge on any atom is -0.333 e. The van der Waals surface area contributed by atoms with E-state index in [2.05, 4.69) is 54.6 Å². The van der Waals surface area contributed by atoms with Gasteiger partial charge in [0.05, 0.1) is 11.0 Å². The van der Waals surface area contributed by atoms with Gasteiger partial charge < -0.3 is 4.98 Å². The minimum atomic E-state index is 0.406. The summed E-state index contributed by atoms with van der Waals surface area (Å²) in [5.74, 6) is 2.43. The maximum absolute atomic E-state index is 4.58. The molecule has 110 valence electrons. The van der Waals surface area contributed by atoms with Crippen LogP contribution in [0.5, 0.6) is 0 Å². The maximum atomic E-state index is 4.58. The smallest absolute Gasteiger partial charge is 0.166 e. The topological polar surface area (TPSA) is 28.7 Å². The number of fused-ring (bicyclic) bond motifs is 1. The molecular weight excluding hydrogens is 284 g/mol. The van der Waals surface area contributed by atoms with Crippen LogP contribution in [0.1, 0.15) is 40.0 Å². The molecule has 0 saturated carbocycles. The number of hydrogen-bond acceptors (Lipinski definition) is 3. The summed E-state index contributed by atoms with van der Waals surface area (Å²) in [4.78, 5) is 7.95. The van der Waals surface area contributed by atoms with Crippen LogP contribution in [0.25, 0.3) is 11.0 Å². The Morgan fingerprint density at radius 3 is 2.55 bits per heavy atom. The van der Waals surface area contributed by atoms with Crippen LogP contribution < -0.4 is 0 Å². The Labute approximate surface area is 130 Å². The fourth-order valence-electron chi connectivity index (χ4n) is 1.93. The summed E-state index contributed by atoms with van der Waals surface area (Å²) in [6, 6.07) is 8.21. The predicted octanol–water partition coefficient (Wildman–Crippen LogP) is 5.36. The SMILES string of the molecule is CC(C)(C)SCCCCCSc1nc2ccccc2[nH]1. The second-order valence-electron chi connectivity index (χ2n) is 5.93. The first-order valence-electron chi connectivity index (χ1n) is 7.26. The average molecular weight is 309 g/mol. The number of thioether (sulfide) groups is 2. The number of unbranched alkanes of at least 4 members (excludes halogenated alkanes) is 2. The van der Waals surface area contributed by atoms with Crippen LogP contribution in [0.4, 0.5) is 0 Å². The molecule has 0 aliphatic heterocycles. The molecule has 0 radical (unpaired) electrons. The fourth-order valence-corrected chi connectivity index (χ4v) is 3.77. The third-order valence-corrected chi connectivity index (χ3v) is 5.25. The molecule has 0 unspecified atom stereocenters. The lowest BCUT2D eigenvalue weighted by Crippen LogP contribution is -2.08. The van der Waals surface area contributed by atoms with Crippen molar-refractivity contribution in [1.82, 2.24) is 9.97 Å². The number of aromatic amines is 1. The average Bonchev–Trinajstić information content (AvgIpc) is 2.79. The predicted molar refractivity (Wildman–Crippen MR) is 92.9 cm³/mol. The second kappa shape index (κ2) is 7.41. The molecule has 0 atom stereocenters. The molecule has 1 heterocycles. The molecular formula is C16H24N2S2. The van der Waals surface area contributed by atoms with Crippen molar-refractivity contribution in [3.8, 4) is 0 Å². The first kappa shape index (κ1) is 15.8. The van der Waals surface area contributed by atoms with Crippen LogP contribution >= 0.6 is 23.5 Å². The molecule has 2 aromatic rings. The Kier molecular flexibility index (Phi) is 5.85. The standard InChI is InChI=1S/C16H24N2S2/c1-16(2,3)20-12-8-4-7-11-19-15-17-13-9-5-6-10-14(13)18-15/h5-6,9-10H,4,7-8,11-12H2,1-3H3,(H,17,18). The van der Waals surface area contributed by atoms with Gasteiger partial charge in [-0.1, -0.05) is 51.1 Å². The monoisotopic (exact) mass is 308 g/mol. The lowest BCUT2D eigenvalue weighted by atomic mass is 10.3. The molecule has 0 spiro atoms. The lowest BCUT2D eigenvalue weighted by molar-refractivity contribution is 0.766. The Balaban J connectivity index is 1.61. The minimum absolute atomic E-state index is 0.406. The number of hydrogen-bond donors (Lipinski definition) is 1. The van der Waals surface area contributed by atoms with Crippen molar-refractivity contribution in [2.45, 2.75) is 49.9 Å². The van der Waals surface area contributed by atoms with Gasteiger partial charge in [0.25, 0.3) is 0 Å². The Bertz CT molecular complexity index is 496. The number of aromatic nitrogens is 2. The summed E-state index contributed by atoms with van der Waals surface area (Å²) < 4.78 is 0.406. The second-order valence-corrected chi connectivity index (χ2v) is 8.93. The molecule has 0 fully saturated rings. The summed E-state index contributed by atoms with van der Waals surface area (Å²) in [5.41, 5.74) is 2.20. The van der Waals surface area contributed by atoms with Crippen molar-refractivity contribution in [3.63, 3.8) is 0 Å². The van der Waals surface area contributed by atoms with Gasteiger partial charge in [0.1, 0.15) is 0 Å². The summed E-state index contributed by atoms with van der Waals surface area (Å²) >= 11 is 3.90. The quantitative estimate of drug-likeness (QED) is 0.551. The number of imidazole rings is 1. The van der Waals surface area contributed by atoms with E-state index in [-0.39, 0.29) is 0 Å². The van der Waals surface area contributed by atoms with Gasteiger partial charge in [-0.2, -0.15) is 11.8 Å². The number of rotatable bonds is 7. The zero-order valence-corrected chi connectivity index (χ0v) is 14.2. The first-order valence-corrected chi connectivity index (χ1v) is 9.23. The van der Waals surface area contributed by atoms with Crippen molar-refractivity contribution in [2.75, 3.05) is 11.5 Å². The van der Waals surface area contributed by atoms with Crippen LogP contribution in [0.2, 0.25) is 0 Å². The van der Waals surface area contributed by atoms with E-state index >= 15 is 0 Å². The first-order chi connectivity index (χ1) is 9.54. The van der Waals surface area contributed by atoms with Crippen LogP contribution in [-0.4, -0.2) is 26.2 Å². The lowest BCUT2D eigenvalue weighted by Gasteiger charge is -2.17. The Hall–Kier alpha value is -0.610. The molecule has 1 N–H and O–H groups in total. The van der Waals surface area contributed by atoms with Gasteiger partial charge in [-0.05, 0) is 30.7 Å². The summed E-state index contributed by atoms with van der Waals surface area (Å²) in [7, 11) is 0. The molecule has 0 saturated heterocycles. The van der Waals surface area contributed by atoms with Crippen molar-refractivity contribution < 1.29 is 0 Å². The molecule has 1 aromatic carbocycles. The van der Waals surface area contributed by atoms with E-state index in [9.17, 15) is 0 Å². The maximum Gasteiger partial charge on any atom is 0.166 e. The highest BCUT2D eigenvalue weighted by atomic mass is 32.2. The van der Waals surface area contributed by atoms with E-state index in [0.717, 1.165) is 21.9 Å². The van der Waals surface area contributed by atoms with Crippen LogP contribution in [-0.2, 0) is 0 Å². The van der Waals surface area contributed by atoms with Crippen LogP contribution in [0.3, 0.4) is 0 Å². The zero-order valence-electron chi connectivity index (χ0n) is 12.6. The van der Waals surface area contributed by atoms with Crippen LogP contribution in [0.15, 0.2) is 29.4 Å². The van der Waals surface area contributed by atoms with E-state index in [1.165, 1.54) is 25.0 Å². The third-order valence-electron chi connectivity index (χ3n) is 2.93. The number of H-pyrrole nitrogens is 1. The highest BCUT2D eigenvalue weighted by Crippen LogP contribution is 2.25. The van der Waals surface area contributed by atoms with Gasteiger partial charge in [0.15, 0.2) is 5.16 Å². The highest BCUT2D eigenvalue weighted by Gasteiger charge is 2.09. The summed E-state index contributed by atoms with van der Waals surface area (Å²) in [5, 5.41) is 1.05. The molecule has 0 amide bonds. The molecule has 4 heteroatoms. The molecule has 0 bridgehead atoms. The Morgan fingerprint density at radius 1 is 1.05 bits per heavy atom. The number of benzene rings is 1. The third kappa shape index (κ3) is 5.41. The van der Waals surface area contributed by atoms with E-state index < -0.39 is 0 Å². The van der Waals surface area contributed by atoms with Gasteiger partial charge in [-0.3, -0.25) is 0 Å². The van der Waals surface area contributed by atoms with Crippen molar-refractivity contribution in [2.24, 2.45) is 0 Å². The largest absolute Gasteiger partial charge is 0.333 e. The number of nitrogens with one attached hydrogen (secondary N) is 1. The number of nitrogens with zero attached hydrogens (tertiary/aromatic N) is 1. The van der Waals surface area contributed by atoms with Crippen LogP contribution in [0, 0.1) is 0 Å². The molecule has 2 rings (SSSR count). The molecule has 1 aromatic heterocycles. The van der Waals surface area contributed by atoms with E-state index in [1.807, 2.05) is 23.9 Å². The number of para-hydroxylation sites is 2. The molecule has 2 nitrogen and oxygen atoms in total. The van der Waals surface area contributed by atoms with Gasteiger partial charge in [-0.25, -0.2) is 4.98 Å². The normalized spacial score (nSPS) is 12.2. The summed E-state index contributed by atoms with van der Waals surface area (Å²) in [6.45, 7) is 6.86. The molecule has 0 aliphatic carbocycles. The zero-order chi connectivity index (χ0) is 14.4. The van der Waals surface area contributed by atoms with Crippen molar-refractivity contribution in [1.29, 1.82) is 0 Å². The Morgan fingerprint density at radius 2 is 1.80 bits per heavy atom. The van der Waals surface area contributed by atoms with Gasteiger partial charge in [0, 0.05) is 10.5 Å². The summed E-state index contributed by atoms with van der Waals surface area (Å²) in [6.07, 6.45) is 3.91. The molecule has 0 aliphatic rings. The van der Waals surface area contributed by atoms with E-state index in [4.69, 9.17) is 0 Å².